The van der Waals surface area contributed by atoms with Gasteiger partial charge in [-0.25, -0.2) is 0 Å². The summed E-state index contributed by atoms with van der Waals surface area (Å²) in [6.45, 7) is 0. The minimum absolute atomic E-state index is 0.0943. The number of nitrogens with one attached hydrogen (secondary N) is 2. The van der Waals surface area contributed by atoms with Crippen LogP contribution in [0.2, 0.25) is 0 Å². The molecule has 0 fully saturated rings. The van der Waals surface area contributed by atoms with Crippen LogP contribution in [0.5, 0.6) is 11.5 Å². The molecule has 2 aromatic heterocycles. The first kappa shape index (κ1) is 26.3. The Bertz CT molecular complexity index is 1570. The van der Waals surface area contributed by atoms with Crippen LogP contribution in [0.3, 0.4) is 0 Å². The number of nitrogens with zero attached hydrogens (tertiary/aromatic N) is 2. The first-order chi connectivity index (χ1) is 20.7. The smallest absolute Gasteiger partial charge is 0.119 e. The van der Waals surface area contributed by atoms with Gasteiger partial charge < -0.3 is 9.47 Å². The number of ether oxygens (including phenoxy) is 2. The molecule has 0 aliphatic carbocycles. The summed E-state index contributed by atoms with van der Waals surface area (Å²) in [5.74, 6) is 1.69. The molecule has 0 bridgehead atoms. The van der Waals surface area contributed by atoms with Gasteiger partial charge in [0.25, 0.3) is 0 Å². The first-order valence-electron chi connectivity index (χ1n) is 13.7. The lowest BCUT2D eigenvalue weighted by Crippen LogP contribution is -2.33. The zero-order valence-electron chi connectivity index (χ0n) is 23.2. The molecule has 7 rings (SSSR count). The van der Waals surface area contributed by atoms with E-state index in [-0.39, 0.29) is 12.1 Å². The van der Waals surface area contributed by atoms with Gasteiger partial charge in [-0.15, -0.1) is 22.7 Å². The summed E-state index contributed by atoms with van der Waals surface area (Å²) in [6, 6.07) is 33.9. The second-order valence-corrected chi connectivity index (χ2v) is 12.0. The second kappa shape index (κ2) is 11.3. The maximum Gasteiger partial charge on any atom is 0.119 e. The minimum Gasteiger partial charge on any atom is -0.497 e. The summed E-state index contributed by atoms with van der Waals surface area (Å²) >= 11 is 3.53. The number of hydrogen-bond donors (Lipinski definition) is 2. The molecule has 2 atom stereocenters. The Morgan fingerprint density at radius 3 is 1.29 bits per heavy atom. The van der Waals surface area contributed by atoms with Crippen LogP contribution in [0.4, 0.5) is 11.4 Å². The van der Waals surface area contributed by atoms with Crippen LogP contribution in [-0.4, -0.2) is 14.2 Å². The van der Waals surface area contributed by atoms with Crippen LogP contribution in [0.15, 0.2) is 120 Å². The average molecular weight is 591 g/mol. The van der Waals surface area contributed by atoms with E-state index in [4.69, 9.17) is 9.47 Å². The summed E-state index contributed by atoms with van der Waals surface area (Å²) in [4.78, 5) is 2.56. The molecule has 6 nitrogen and oxygen atoms in total. The summed E-state index contributed by atoms with van der Waals surface area (Å²) in [6.07, 6.45) is 4.60. The fraction of sp³-hybridized carbons (Fsp3) is 0.118. The van der Waals surface area contributed by atoms with Crippen molar-refractivity contribution in [2.75, 3.05) is 24.2 Å². The largest absolute Gasteiger partial charge is 0.497 e. The second-order valence-electron chi connectivity index (χ2n) is 10.0. The van der Waals surface area contributed by atoms with E-state index in [9.17, 15) is 0 Å². The number of hydrazine groups is 2. The van der Waals surface area contributed by atoms with Crippen molar-refractivity contribution in [3.05, 3.63) is 141 Å². The average Bonchev–Trinajstić information content (AvgIpc) is 3.87. The van der Waals surface area contributed by atoms with Gasteiger partial charge in [-0.05, 0) is 94.7 Å². The van der Waals surface area contributed by atoms with Crippen LogP contribution in [0.1, 0.15) is 33.0 Å². The third-order valence-electron chi connectivity index (χ3n) is 7.56. The van der Waals surface area contributed by atoms with Gasteiger partial charge in [-0.2, -0.15) is 0 Å². The third-order valence-corrected chi connectivity index (χ3v) is 9.45. The van der Waals surface area contributed by atoms with Crippen LogP contribution < -0.4 is 30.3 Å². The Kier molecular flexibility index (Phi) is 7.07. The topological polar surface area (TPSA) is 49.0 Å². The van der Waals surface area contributed by atoms with Crippen molar-refractivity contribution in [2.45, 2.75) is 12.1 Å². The van der Waals surface area contributed by atoms with E-state index >= 15 is 0 Å². The lowest BCUT2D eigenvalue weighted by molar-refractivity contribution is 0.414. The molecule has 2 N–H and O–H groups in total. The number of thiophene rings is 2. The quantitative estimate of drug-likeness (QED) is 0.191. The van der Waals surface area contributed by atoms with Crippen LogP contribution in [0, 0.1) is 0 Å². The highest BCUT2D eigenvalue weighted by Gasteiger charge is 2.30. The third kappa shape index (κ3) is 5.00. The highest BCUT2D eigenvalue weighted by atomic mass is 32.1. The molecular weight excluding hydrogens is 561 g/mol. The zero-order chi connectivity index (χ0) is 28.5. The molecular formula is C34H30N4O2S2. The van der Waals surface area contributed by atoms with E-state index in [1.807, 2.05) is 24.3 Å². The van der Waals surface area contributed by atoms with Gasteiger partial charge in [-0.1, -0.05) is 36.4 Å². The van der Waals surface area contributed by atoms with Crippen molar-refractivity contribution >= 4 is 45.4 Å². The van der Waals surface area contributed by atoms with E-state index in [1.54, 1.807) is 36.9 Å². The van der Waals surface area contributed by atoms with E-state index < -0.39 is 0 Å². The van der Waals surface area contributed by atoms with Gasteiger partial charge in [0, 0.05) is 9.75 Å². The molecule has 2 unspecified atom stereocenters. The van der Waals surface area contributed by atoms with Crippen LogP contribution >= 0.6 is 22.7 Å². The first-order valence-corrected chi connectivity index (χ1v) is 15.5. The van der Waals surface area contributed by atoms with Gasteiger partial charge in [0.2, 0.25) is 0 Å². The monoisotopic (exact) mass is 590 g/mol. The molecule has 42 heavy (non-hydrogen) atoms. The predicted molar refractivity (Wildman–Crippen MR) is 174 cm³/mol. The summed E-state index contributed by atoms with van der Waals surface area (Å²) in [5.41, 5.74) is 13.9. The van der Waals surface area contributed by atoms with Crippen LogP contribution in [0.25, 0.3) is 11.4 Å². The molecule has 0 saturated heterocycles. The molecule has 0 radical (unpaired) electrons. The van der Waals surface area contributed by atoms with Gasteiger partial charge in [-0.3, -0.25) is 20.9 Å². The molecule has 4 heterocycles. The van der Waals surface area contributed by atoms with E-state index in [0.29, 0.717) is 0 Å². The Morgan fingerprint density at radius 2 is 0.952 bits per heavy atom. The van der Waals surface area contributed by atoms with Crippen molar-refractivity contribution in [3.8, 4) is 11.5 Å². The Labute approximate surface area is 253 Å². The molecule has 0 amide bonds. The highest BCUT2D eigenvalue weighted by molar-refractivity contribution is 7.10. The molecule has 3 aromatic carbocycles. The van der Waals surface area contributed by atoms with Crippen molar-refractivity contribution in [1.29, 1.82) is 0 Å². The van der Waals surface area contributed by atoms with Crippen molar-refractivity contribution in [3.63, 3.8) is 0 Å². The molecule has 0 spiro atoms. The van der Waals surface area contributed by atoms with Gasteiger partial charge >= 0.3 is 0 Å². The SMILES string of the molecule is COc1ccc(N2NC(c3ccc(C4=CC(c5cccs5)N(c5ccc(OC)cc5)N4)cc3)=CC2c2cccs2)cc1. The zero-order valence-corrected chi connectivity index (χ0v) is 24.9. The number of anilines is 2. The summed E-state index contributed by atoms with van der Waals surface area (Å²) in [7, 11) is 3.38. The minimum atomic E-state index is 0.0943. The van der Waals surface area contributed by atoms with Crippen molar-refractivity contribution in [1.82, 2.24) is 10.9 Å². The Hall–Kier alpha value is -4.66. The number of hydrogen-bond acceptors (Lipinski definition) is 8. The van der Waals surface area contributed by atoms with E-state index in [1.165, 1.54) is 9.75 Å². The van der Waals surface area contributed by atoms with E-state index in [0.717, 1.165) is 45.4 Å². The normalized spacial score (nSPS) is 17.9. The molecule has 2 aliphatic heterocycles. The predicted octanol–water partition coefficient (Wildman–Crippen LogP) is 8.04. The van der Waals surface area contributed by atoms with Crippen molar-refractivity contribution < 1.29 is 9.47 Å². The number of benzene rings is 3. The maximum atomic E-state index is 5.38. The molecule has 8 heteroatoms. The van der Waals surface area contributed by atoms with Gasteiger partial charge in [0.15, 0.2) is 0 Å². The summed E-state index contributed by atoms with van der Waals surface area (Å²) in [5, 5.41) is 8.69. The van der Waals surface area contributed by atoms with Gasteiger partial charge in [0.05, 0.1) is 37.0 Å². The Balaban J connectivity index is 1.15. The summed E-state index contributed by atoms with van der Waals surface area (Å²) < 4.78 is 10.8. The number of rotatable bonds is 8. The lowest BCUT2D eigenvalue weighted by Gasteiger charge is -2.27. The Morgan fingerprint density at radius 1 is 0.548 bits per heavy atom. The fourth-order valence-electron chi connectivity index (χ4n) is 5.36. The fourth-order valence-corrected chi connectivity index (χ4v) is 6.93. The molecule has 0 saturated carbocycles. The van der Waals surface area contributed by atoms with Crippen LogP contribution in [-0.2, 0) is 0 Å². The molecule has 2 aliphatic rings. The standard InChI is InChI=1S/C34H30N4O2S2/c1-39-27-15-11-25(12-16-27)37-31(33-5-3-19-41-33)21-29(35-37)23-7-9-24(10-8-23)30-22-32(34-6-4-20-42-34)38(36-30)26-13-17-28(40-2)18-14-26/h3-22,31-32,35-36H,1-2H3. The van der Waals surface area contributed by atoms with Gasteiger partial charge in [0.1, 0.15) is 23.6 Å². The molecule has 5 aromatic rings. The van der Waals surface area contributed by atoms with E-state index in [2.05, 4.69) is 117 Å². The van der Waals surface area contributed by atoms with Crippen molar-refractivity contribution in [2.24, 2.45) is 0 Å². The number of methoxy groups -OCH3 is 2. The highest BCUT2D eigenvalue weighted by Crippen LogP contribution is 2.39. The molecule has 210 valence electrons. The lowest BCUT2D eigenvalue weighted by atomic mass is 10.1. The maximum absolute atomic E-state index is 5.38.